The molecule has 0 bridgehead atoms. The summed E-state index contributed by atoms with van der Waals surface area (Å²) < 4.78 is 33.0. The van der Waals surface area contributed by atoms with Crippen molar-refractivity contribution in [1.29, 1.82) is 0 Å². The molecule has 1 N–H and O–H groups in total. The number of ether oxygens (including phenoxy) is 1. The van der Waals surface area contributed by atoms with Gasteiger partial charge in [-0.3, -0.25) is 9.71 Å². The van der Waals surface area contributed by atoms with Crippen molar-refractivity contribution < 1.29 is 13.2 Å². The number of hydrogen-bond donors (Lipinski definition) is 1. The molecule has 0 aliphatic carbocycles. The van der Waals surface area contributed by atoms with Crippen molar-refractivity contribution in [3.63, 3.8) is 0 Å². The van der Waals surface area contributed by atoms with Crippen molar-refractivity contribution in [3.8, 4) is 0 Å². The molecule has 122 valence electrons. The average molecular weight is 334 g/mol. The molecule has 0 atom stereocenters. The lowest BCUT2D eigenvalue weighted by Gasteiger charge is -2.30. The Morgan fingerprint density at radius 3 is 2.78 bits per heavy atom. The Balaban J connectivity index is 1.90. The molecule has 1 fully saturated rings. The van der Waals surface area contributed by atoms with Crippen molar-refractivity contribution in [2.75, 3.05) is 35.9 Å². The first-order valence-corrected chi connectivity index (χ1v) is 8.77. The normalized spacial score (nSPS) is 15.4. The summed E-state index contributed by atoms with van der Waals surface area (Å²) in [7, 11) is -3.73. The predicted molar refractivity (Wildman–Crippen MR) is 87.1 cm³/mol. The molecule has 8 heteroatoms. The van der Waals surface area contributed by atoms with E-state index in [0.29, 0.717) is 32.1 Å². The molecule has 7 nitrogen and oxygen atoms in total. The molecule has 0 amide bonds. The fraction of sp³-hybridized carbons (Fsp3) is 0.333. The lowest BCUT2D eigenvalue weighted by molar-refractivity contribution is 0.123. The van der Waals surface area contributed by atoms with Gasteiger partial charge in [0.25, 0.3) is 10.0 Å². The van der Waals surface area contributed by atoms with Crippen LogP contribution in [0.1, 0.15) is 5.56 Å². The Hall–Kier alpha value is -2.19. The maximum atomic E-state index is 12.6. The second-order valence-corrected chi connectivity index (χ2v) is 6.96. The summed E-state index contributed by atoms with van der Waals surface area (Å²) in [6.45, 7) is 4.43. The topological polar surface area (TPSA) is 84.4 Å². The van der Waals surface area contributed by atoms with E-state index in [9.17, 15) is 8.42 Å². The molecule has 0 unspecified atom stereocenters. The van der Waals surface area contributed by atoms with Gasteiger partial charge in [0.2, 0.25) is 0 Å². The van der Waals surface area contributed by atoms with Gasteiger partial charge in [0.1, 0.15) is 4.90 Å². The zero-order chi connectivity index (χ0) is 16.3. The zero-order valence-electron chi connectivity index (χ0n) is 12.8. The monoisotopic (exact) mass is 334 g/mol. The summed E-state index contributed by atoms with van der Waals surface area (Å²) in [5, 5.41) is 0. The van der Waals surface area contributed by atoms with E-state index in [1.54, 1.807) is 31.5 Å². The third kappa shape index (κ3) is 3.59. The Morgan fingerprint density at radius 2 is 2.04 bits per heavy atom. The minimum Gasteiger partial charge on any atom is -0.378 e. The van der Waals surface area contributed by atoms with E-state index in [0.717, 1.165) is 11.3 Å². The summed E-state index contributed by atoms with van der Waals surface area (Å²) in [4.78, 5) is 10.3. The highest BCUT2D eigenvalue weighted by Crippen LogP contribution is 2.26. The second kappa shape index (κ2) is 6.51. The Kier molecular flexibility index (Phi) is 4.44. The van der Waals surface area contributed by atoms with Crippen molar-refractivity contribution in [2.24, 2.45) is 0 Å². The van der Waals surface area contributed by atoms with Crippen molar-refractivity contribution in [3.05, 3.63) is 42.4 Å². The first kappa shape index (κ1) is 15.7. The number of pyridine rings is 2. The van der Waals surface area contributed by atoms with Crippen molar-refractivity contribution in [1.82, 2.24) is 9.97 Å². The molecule has 2 aromatic heterocycles. The second-order valence-electron chi connectivity index (χ2n) is 5.27. The van der Waals surface area contributed by atoms with Crippen molar-refractivity contribution in [2.45, 2.75) is 11.8 Å². The molecule has 3 heterocycles. The van der Waals surface area contributed by atoms with E-state index >= 15 is 0 Å². The van der Waals surface area contributed by atoms with Gasteiger partial charge in [-0.1, -0.05) is 0 Å². The largest absolute Gasteiger partial charge is 0.378 e. The summed E-state index contributed by atoms with van der Waals surface area (Å²) in [6.07, 6.45) is 4.50. The first-order chi connectivity index (χ1) is 11.1. The fourth-order valence-corrected chi connectivity index (χ4v) is 3.47. The molecular weight excluding hydrogens is 316 g/mol. The molecule has 1 aliphatic rings. The zero-order valence-corrected chi connectivity index (χ0v) is 13.6. The number of morpholine rings is 1. The number of sulfonamides is 1. The summed E-state index contributed by atoms with van der Waals surface area (Å²) in [5.74, 6) is 0.316. The molecule has 2 aromatic rings. The number of rotatable bonds is 4. The predicted octanol–water partition coefficient (Wildman–Crippen LogP) is 1.42. The quantitative estimate of drug-likeness (QED) is 0.910. The number of nitrogens with one attached hydrogen (secondary N) is 1. The smallest absolute Gasteiger partial charge is 0.264 e. The highest BCUT2D eigenvalue weighted by Gasteiger charge is 2.21. The van der Waals surface area contributed by atoms with Gasteiger partial charge in [0.15, 0.2) is 5.82 Å². The Bertz CT molecular complexity index is 789. The van der Waals surface area contributed by atoms with E-state index in [4.69, 9.17) is 4.74 Å². The number of hydrogen-bond acceptors (Lipinski definition) is 6. The summed E-state index contributed by atoms with van der Waals surface area (Å²) in [5.41, 5.74) is 1.53. The first-order valence-electron chi connectivity index (χ1n) is 7.28. The van der Waals surface area contributed by atoms with Gasteiger partial charge in [-0.2, -0.15) is 0 Å². The van der Waals surface area contributed by atoms with Crippen LogP contribution in [0.2, 0.25) is 0 Å². The lowest BCUT2D eigenvalue weighted by atomic mass is 10.3. The maximum Gasteiger partial charge on any atom is 0.264 e. The molecular formula is C15H18N4O3S. The third-order valence-corrected chi connectivity index (χ3v) is 4.84. The van der Waals surface area contributed by atoms with Gasteiger partial charge in [-0.15, -0.1) is 0 Å². The van der Waals surface area contributed by atoms with Crippen LogP contribution >= 0.6 is 0 Å². The van der Waals surface area contributed by atoms with Crippen LogP contribution in [0.15, 0.2) is 41.7 Å². The van der Waals surface area contributed by atoms with Crippen LogP contribution in [0, 0.1) is 6.92 Å². The van der Waals surface area contributed by atoms with E-state index in [1.807, 2.05) is 6.07 Å². The van der Waals surface area contributed by atoms with Crippen LogP contribution in [-0.4, -0.2) is 44.7 Å². The van der Waals surface area contributed by atoms with Crippen LogP contribution in [0.5, 0.6) is 0 Å². The van der Waals surface area contributed by atoms with Crippen molar-refractivity contribution >= 4 is 21.5 Å². The minimum atomic E-state index is -3.73. The molecule has 1 saturated heterocycles. The number of anilines is 2. The van der Waals surface area contributed by atoms with E-state index in [1.165, 1.54) is 6.20 Å². The number of aromatic nitrogens is 2. The molecule has 3 rings (SSSR count). The van der Waals surface area contributed by atoms with Crippen LogP contribution in [0.3, 0.4) is 0 Å². The lowest BCUT2D eigenvalue weighted by Crippen LogP contribution is -2.37. The molecule has 0 spiro atoms. The minimum absolute atomic E-state index is 0.121. The van der Waals surface area contributed by atoms with Crippen LogP contribution in [0.4, 0.5) is 11.5 Å². The highest BCUT2D eigenvalue weighted by atomic mass is 32.2. The molecule has 0 aromatic carbocycles. The Labute approximate surface area is 135 Å². The summed E-state index contributed by atoms with van der Waals surface area (Å²) in [6, 6.07) is 5.22. The van der Waals surface area contributed by atoms with Crippen LogP contribution in [0.25, 0.3) is 0 Å². The standard InChI is InChI=1S/C15H18N4O3S/c1-12-9-13(11-16-10-12)23(20,21)18-15-14(3-2-4-17-15)19-5-7-22-8-6-19/h2-4,9-11H,5-8H2,1H3,(H,17,18). The van der Waals surface area contributed by atoms with Crippen LogP contribution in [-0.2, 0) is 14.8 Å². The summed E-state index contributed by atoms with van der Waals surface area (Å²) >= 11 is 0. The number of aryl methyl sites for hydroxylation is 1. The van der Waals surface area contributed by atoms with E-state index in [2.05, 4.69) is 19.6 Å². The van der Waals surface area contributed by atoms with Gasteiger partial charge in [-0.05, 0) is 30.7 Å². The van der Waals surface area contributed by atoms with Gasteiger partial charge in [0.05, 0.1) is 18.9 Å². The van der Waals surface area contributed by atoms with Gasteiger partial charge < -0.3 is 9.64 Å². The number of nitrogens with zero attached hydrogens (tertiary/aromatic N) is 3. The van der Waals surface area contributed by atoms with Crippen LogP contribution < -0.4 is 9.62 Å². The highest BCUT2D eigenvalue weighted by molar-refractivity contribution is 7.92. The molecule has 0 radical (unpaired) electrons. The van der Waals surface area contributed by atoms with E-state index < -0.39 is 10.0 Å². The maximum absolute atomic E-state index is 12.6. The average Bonchev–Trinajstić information content (AvgIpc) is 2.56. The van der Waals surface area contributed by atoms with Gasteiger partial charge >= 0.3 is 0 Å². The SMILES string of the molecule is Cc1cncc(S(=O)(=O)Nc2ncccc2N2CCOCC2)c1. The Morgan fingerprint density at radius 1 is 1.26 bits per heavy atom. The molecule has 23 heavy (non-hydrogen) atoms. The molecule has 1 aliphatic heterocycles. The van der Waals surface area contributed by atoms with E-state index in [-0.39, 0.29) is 4.90 Å². The third-order valence-electron chi connectivity index (χ3n) is 3.53. The van der Waals surface area contributed by atoms with Gasteiger partial charge in [-0.25, -0.2) is 13.4 Å². The van der Waals surface area contributed by atoms with Gasteiger partial charge in [0, 0.05) is 31.7 Å². The molecule has 0 saturated carbocycles. The fourth-order valence-electron chi connectivity index (χ4n) is 2.40.